The van der Waals surface area contributed by atoms with Crippen molar-refractivity contribution in [3.63, 3.8) is 0 Å². The Morgan fingerprint density at radius 1 is 0.528 bits per heavy atom. The Kier molecular flexibility index (Phi) is 5.39. The molecule has 0 atom stereocenters. The van der Waals surface area contributed by atoms with Gasteiger partial charge in [-0.2, -0.15) is 0 Å². The molecule has 3 heterocycles. The molecule has 0 aliphatic rings. The van der Waals surface area contributed by atoms with Gasteiger partial charge < -0.3 is 0 Å². The predicted octanol–water partition coefficient (Wildman–Crippen LogP) is 7.86. The number of pyridine rings is 2. The van der Waals surface area contributed by atoms with Gasteiger partial charge >= 0.3 is 0 Å². The first kappa shape index (κ1) is 21.6. The van der Waals surface area contributed by atoms with Crippen LogP contribution in [0.4, 0.5) is 0 Å². The van der Waals surface area contributed by atoms with Crippen LogP contribution in [0.1, 0.15) is 11.1 Å². The van der Waals surface area contributed by atoms with Gasteiger partial charge in [-0.25, -0.2) is 9.97 Å². The molecule has 36 heavy (non-hydrogen) atoms. The quantitative estimate of drug-likeness (QED) is 0.262. The molecule has 0 N–H and O–H groups in total. The van der Waals surface area contributed by atoms with Gasteiger partial charge in [0.15, 0.2) is 5.82 Å². The number of hydrogen-bond donors (Lipinski definition) is 0. The average Bonchev–Trinajstić information content (AvgIpc) is 2.96. The summed E-state index contributed by atoms with van der Waals surface area (Å²) in [6, 6.07) is 28.6. The van der Waals surface area contributed by atoms with E-state index < -0.39 is 0 Å². The summed E-state index contributed by atoms with van der Waals surface area (Å²) in [5.41, 5.74) is 8.50. The van der Waals surface area contributed by atoms with Crippen molar-refractivity contribution in [2.24, 2.45) is 0 Å². The normalized spacial score (nSPS) is 11.0. The van der Waals surface area contributed by atoms with Gasteiger partial charge in [0.05, 0.1) is 22.4 Å². The monoisotopic (exact) mass is 462 g/mol. The Morgan fingerprint density at radius 3 is 1.56 bits per heavy atom. The second kappa shape index (κ2) is 9.01. The van der Waals surface area contributed by atoms with Crippen molar-refractivity contribution in [2.75, 3.05) is 0 Å². The van der Waals surface area contributed by atoms with Gasteiger partial charge in [-0.3, -0.25) is 9.97 Å². The molecular weight excluding hydrogens is 440 g/mol. The largest absolute Gasteiger partial charge is 0.256 e. The van der Waals surface area contributed by atoms with Crippen molar-refractivity contribution in [3.05, 3.63) is 122 Å². The van der Waals surface area contributed by atoms with E-state index in [1.165, 1.54) is 0 Å². The molecule has 6 rings (SSSR count). The molecule has 0 saturated carbocycles. The topological polar surface area (TPSA) is 51.6 Å². The maximum Gasteiger partial charge on any atom is 0.160 e. The highest BCUT2D eigenvalue weighted by atomic mass is 14.9. The lowest BCUT2D eigenvalue weighted by Crippen LogP contribution is -1.97. The summed E-state index contributed by atoms with van der Waals surface area (Å²) in [5.74, 6) is 0.645. The van der Waals surface area contributed by atoms with E-state index in [0.29, 0.717) is 5.82 Å². The molecule has 0 aliphatic heterocycles. The van der Waals surface area contributed by atoms with E-state index in [1.54, 1.807) is 12.4 Å². The van der Waals surface area contributed by atoms with Crippen LogP contribution < -0.4 is 0 Å². The maximum absolute atomic E-state index is 5.01. The fourth-order valence-corrected chi connectivity index (χ4v) is 4.38. The second-order valence-electron chi connectivity index (χ2n) is 8.58. The number of hydrogen-bond acceptors (Lipinski definition) is 4. The molecule has 0 spiro atoms. The number of aromatic nitrogens is 4. The van der Waals surface area contributed by atoms with Crippen molar-refractivity contribution < 1.29 is 0 Å². The van der Waals surface area contributed by atoms with E-state index in [9.17, 15) is 0 Å². The zero-order valence-corrected chi connectivity index (χ0v) is 19.6. The lowest BCUT2D eigenvalue weighted by molar-refractivity contribution is 1.18. The molecule has 4 heteroatoms. The summed E-state index contributed by atoms with van der Waals surface area (Å²) in [7, 11) is 0. The first-order valence-electron chi connectivity index (χ1n) is 11.7. The van der Waals surface area contributed by atoms with Crippen molar-refractivity contribution in [1.82, 2.24) is 19.9 Å². The maximum atomic E-state index is 5.01. The van der Waals surface area contributed by atoms with Crippen molar-refractivity contribution in [1.29, 1.82) is 0 Å². The molecule has 4 nitrogen and oxygen atoms in total. The third kappa shape index (κ3) is 4.05. The molecule has 0 radical (unpaired) electrons. The molecule has 3 aromatic heterocycles. The summed E-state index contributed by atoms with van der Waals surface area (Å²) in [4.78, 5) is 18.9. The summed E-state index contributed by atoms with van der Waals surface area (Å²) < 4.78 is 0. The third-order valence-corrected chi connectivity index (χ3v) is 6.23. The summed E-state index contributed by atoms with van der Waals surface area (Å²) >= 11 is 0. The first-order valence-corrected chi connectivity index (χ1v) is 11.7. The minimum absolute atomic E-state index is 0.645. The van der Waals surface area contributed by atoms with Crippen molar-refractivity contribution in [2.45, 2.75) is 0 Å². The van der Waals surface area contributed by atoms with Crippen LogP contribution >= 0.6 is 0 Å². The van der Waals surface area contributed by atoms with Crippen LogP contribution in [0.15, 0.2) is 110 Å². The van der Waals surface area contributed by atoms with Gasteiger partial charge in [-0.1, -0.05) is 49.6 Å². The van der Waals surface area contributed by atoms with Gasteiger partial charge in [0.1, 0.15) is 0 Å². The van der Waals surface area contributed by atoms with Crippen LogP contribution in [-0.4, -0.2) is 19.9 Å². The Labute approximate surface area is 209 Å². The van der Waals surface area contributed by atoms with Gasteiger partial charge in [0.2, 0.25) is 0 Å². The fourth-order valence-electron chi connectivity index (χ4n) is 4.38. The van der Waals surface area contributed by atoms with E-state index in [0.717, 1.165) is 61.0 Å². The summed E-state index contributed by atoms with van der Waals surface area (Å²) in [5, 5.41) is 2.13. The van der Waals surface area contributed by atoms with E-state index in [2.05, 4.69) is 71.7 Å². The third-order valence-electron chi connectivity index (χ3n) is 6.23. The van der Waals surface area contributed by atoms with Crippen LogP contribution in [0.5, 0.6) is 0 Å². The van der Waals surface area contributed by atoms with E-state index in [-0.39, 0.29) is 0 Å². The Hall–Kier alpha value is -4.96. The van der Waals surface area contributed by atoms with Crippen LogP contribution in [-0.2, 0) is 0 Å². The highest BCUT2D eigenvalue weighted by Gasteiger charge is 2.13. The molecule has 3 aromatic carbocycles. The standard InChI is InChI=1S/C32H22N4/c1-3-21-15-22(4-2)17-27(16-21)32-35-30(25-9-11-28-23(18-25)7-5-13-33-28)20-31(36-32)26-10-12-29-24(19-26)8-6-14-34-29/h3-20H,1-2H2. The van der Waals surface area contributed by atoms with Crippen LogP contribution in [0.2, 0.25) is 0 Å². The smallest absolute Gasteiger partial charge is 0.160 e. The van der Waals surface area contributed by atoms with Gasteiger partial charge in [0, 0.05) is 39.9 Å². The SMILES string of the molecule is C=Cc1cc(C=C)cc(-c2nc(-c3ccc4ncccc4c3)cc(-c3ccc4ncccc4c3)n2)c1. The Bertz CT molecular complexity index is 1660. The molecule has 0 saturated heterocycles. The van der Waals surface area contributed by atoms with Crippen molar-refractivity contribution in [3.8, 4) is 33.9 Å². The molecule has 0 unspecified atom stereocenters. The molecule has 0 amide bonds. The Morgan fingerprint density at radius 2 is 1.06 bits per heavy atom. The number of rotatable bonds is 5. The van der Waals surface area contributed by atoms with E-state index in [1.807, 2.05) is 48.6 Å². The zero-order chi connectivity index (χ0) is 24.5. The minimum atomic E-state index is 0.645. The highest BCUT2D eigenvalue weighted by Crippen LogP contribution is 2.31. The summed E-state index contributed by atoms with van der Waals surface area (Å²) in [6.45, 7) is 7.88. The molecule has 170 valence electrons. The number of benzene rings is 3. The van der Waals surface area contributed by atoms with Gasteiger partial charge in [-0.15, -0.1) is 0 Å². The Balaban J connectivity index is 1.58. The van der Waals surface area contributed by atoms with E-state index in [4.69, 9.17) is 9.97 Å². The first-order chi connectivity index (χ1) is 17.7. The second-order valence-corrected chi connectivity index (χ2v) is 8.58. The molecule has 6 aromatic rings. The van der Waals surface area contributed by atoms with Crippen molar-refractivity contribution >= 4 is 34.0 Å². The van der Waals surface area contributed by atoms with E-state index >= 15 is 0 Å². The zero-order valence-electron chi connectivity index (χ0n) is 19.6. The van der Waals surface area contributed by atoms with Crippen LogP contribution in [0.3, 0.4) is 0 Å². The van der Waals surface area contributed by atoms with Crippen LogP contribution in [0, 0.1) is 0 Å². The lowest BCUT2D eigenvalue weighted by atomic mass is 10.0. The predicted molar refractivity (Wildman–Crippen MR) is 149 cm³/mol. The molecule has 0 aliphatic carbocycles. The average molecular weight is 463 g/mol. The molecule has 0 fully saturated rings. The summed E-state index contributed by atoms with van der Waals surface area (Å²) in [6.07, 6.45) is 7.27. The number of fused-ring (bicyclic) bond motifs is 2. The van der Waals surface area contributed by atoms with Crippen LogP contribution in [0.25, 0.3) is 67.9 Å². The molecule has 0 bridgehead atoms. The minimum Gasteiger partial charge on any atom is -0.256 e. The fraction of sp³-hybridized carbons (Fsp3) is 0. The van der Waals surface area contributed by atoms with Gasteiger partial charge in [-0.05, 0) is 71.8 Å². The lowest BCUT2D eigenvalue weighted by Gasteiger charge is -2.11. The molecular formula is C32H22N4. The van der Waals surface area contributed by atoms with Gasteiger partial charge in [0.25, 0.3) is 0 Å². The number of nitrogens with zero attached hydrogens (tertiary/aromatic N) is 4. The highest BCUT2D eigenvalue weighted by molar-refractivity contribution is 5.87.